The summed E-state index contributed by atoms with van der Waals surface area (Å²) in [5.41, 5.74) is 6.87. The van der Waals surface area contributed by atoms with E-state index in [0.717, 1.165) is 5.39 Å². The Kier molecular flexibility index (Phi) is 4.50. The average Bonchev–Trinajstić information content (AvgIpc) is 2.36. The first kappa shape index (κ1) is 14.0. The second kappa shape index (κ2) is 6.12. The molecular weight excluding hydrogens is 272 g/mol. The number of hydrogen-bond donors (Lipinski definition) is 1. The van der Waals surface area contributed by atoms with Crippen LogP contribution in [0.1, 0.15) is 0 Å². The summed E-state index contributed by atoms with van der Waals surface area (Å²) in [4.78, 5) is 5.77. The summed E-state index contributed by atoms with van der Waals surface area (Å²) in [5, 5.41) is 1.36. The molecule has 2 aromatic rings. The Morgan fingerprint density at radius 1 is 1.32 bits per heavy atom. The van der Waals surface area contributed by atoms with Crippen molar-refractivity contribution in [1.29, 1.82) is 0 Å². The normalized spacial score (nSPS) is 11.2. The van der Waals surface area contributed by atoms with Gasteiger partial charge in [-0.3, -0.25) is 4.98 Å². The number of anilines is 1. The van der Waals surface area contributed by atoms with E-state index >= 15 is 0 Å². The van der Waals surface area contributed by atoms with Crippen molar-refractivity contribution in [1.82, 2.24) is 4.98 Å². The molecule has 6 heteroatoms. The van der Waals surface area contributed by atoms with Gasteiger partial charge in [-0.25, -0.2) is 8.78 Å². The largest absolute Gasteiger partial charge is 0.364 e. The molecule has 0 aliphatic rings. The van der Waals surface area contributed by atoms with Gasteiger partial charge in [0.05, 0.1) is 12.1 Å². The van der Waals surface area contributed by atoms with E-state index in [1.165, 1.54) is 0 Å². The molecule has 0 saturated carbocycles. The van der Waals surface area contributed by atoms with Crippen molar-refractivity contribution < 1.29 is 8.78 Å². The Hall–Kier alpha value is -1.46. The van der Waals surface area contributed by atoms with Crippen LogP contribution in [0, 0.1) is 0 Å². The number of fused-ring (bicyclic) bond motifs is 1. The smallest absolute Gasteiger partial charge is 0.255 e. The first-order chi connectivity index (χ1) is 9.11. The summed E-state index contributed by atoms with van der Waals surface area (Å²) in [7, 11) is 0. The zero-order valence-corrected chi connectivity index (χ0v) is 10.9. The van der Waals surface area contributed by atoms with Crippen molar-refractivity contribution in [3.63, 3.8) is 0 Å². The lowest BCUT2D eigenvalue weighted by molar-refractivity contribution is 0.155. The van der Waals surface area contributed by atoms with Crippen LogP contribution in [0.15, 0.2) is 30.5 Å². The van der Waals surface area contributed by atoms with E-state index in [0.29, 0.717) is 29.3 Å². The van der Waals surface area contributed by atoms with E-state index in [2.05, 4.69) is 4.98 Å². The number of halogens is 3. The highest BCUT2D eigenvalue weighted by atomic mass is 35.5. The standard InChI is InChI=1S/C13H14ClF2N3/c14-9-1-2-10-11(7-9)18-5-3-12(10)19(6-4-17)8-13(15)16/h1-3,5,7,13H,4,6,8,17H2. The summed E-state index contributed by atoms with van der Waals surface area (Å²) < 4.78 is 25.3. The van der Waals surface area contributed by atoms with Gasteiger partial charge in [-0.1, -0.05) is 11.6 Å². The average molecular weight is 286 g/mol. The third kappa shape index (κ3) is 3.30. The molecule has 0 unspecified atom stereocenters. The Labute approximate surface area is 115 Å². The fourth-order valence-corrected chi connectivity index (χ4v) is 2.18. The van der Waals surface area contributed by atoms with Gasteiger partial charge in [0, 0.05) is 35.4 Å². The van der Waals surface area contributed by atoms with Gasteiger partial charge >= 0.3 is 0 Å². The molecule has 0 atom stereocenters. The number of pyridine rings is 1. The lowest BCUT2D eigenvalue weighted by Crippen LogP contribution is -2.33. The Balaban J connectivity index is 2.46. The van der Waals surface area contributed by atoms with Crippen molar-refractivity contribution in [2.75, 3.05) is 24.5 Å². The predicted octanol–water partition coefficient (Wildman–Crippen LogP) is 2.92. The highest BCUT2D eigenvalue weighted by molar-refractivity contribution is 6.31. The molecule has 1 heterocycles. The molecule has 1 aromatic heterocycles. The van der Waals surface area contributed by atoms with Crippen molar-refractivity contribution in [3.8, 4) is 0 Å². The molecule has 0 fully saturated rings. The number of hydrogen-bond acceptors (Lipinski definition) is 3. The fraction of sp³-hybridized carbons (Fsp3) is 0.308. The van der Waals surface area contributed by atoms with E-state index < -0.39 is 6.43 Å². The van der Waals surface area contributed by atoms with Crippen molar-refractivity contribution in [2.45, 2.75) is 6.43 Å². The van der Waals surface area contributed by atoms with Gasteiger partial charge in [0.1, 0.15) is 0 Å². The molecule has 0 amide bonds. The van der Waals surface area contributed by atoms with Crippen molar-refractivity contribution in [3.05, 3.63) is 35.5 Å². The zero-order valence-electron chi connectivity index (χ0n) is 10.2. The van der Waals surface area contributed by atoms with Crippen molar-refractivity contribution >= 4 is 28.2 Å². The van der Waals surface area contributed by atoms with Gasteiger partial charge in [-0.15, -0.1) is 0 Å². The molecule has 2 N–H and O–H groups in total. The molecule has 0 aliphatic carbocycles. The SMILES string of the molecule is NCCN(CC(F)F)c1ccnc2cc(Cl)ccc12. The maximum Gasteiger partial charge on any atom is 0.255 e. The van der Waals surface area contributed by atoms with Gasteiger partial charge in [0.25, 0.3) is 6.43 Å². The number of aromatic nitrogens is 1. The van der Waals surface area contributed by atoms with Crippen LogP contribution in [0.4, 0.5) is 14.5 Å². The molecular formula is C13H14ClF2N3. The quantitative estimate of drug-likeness (QED) is 0.918. The summed E-state index contributed by atoms with van der Waals surface area (Å²) >= 11 is 5.90. The molecule has 102 valence electrons. The molecule has 1 aromatic carbocycles. The second-order valence-corrected chi connectivity index (χ2v) is 4.55. The molecule has 0 radical (unpaired) electrons. The monoisotopic (exact) mass is 285 g/mol. The molecule has 2 rings (SSSR count). The van der Waals surface area contributed by atoms with Crippen LogP contribution in [-0.2, 0) is 0 Å². The van der Waals surface area contributed by atoms with Crippen LogP contribution < -0.4 is 10.6 Å². The van der Waals surface area contributed by atoms with E-state index in [9.17, 15) is 8.78 Å². The predicted molar refractivity (Wildman–Crippen MR) is 74.0 cm³/mol. The lowest BCUT2D eigenvalue weighted by atomic mass is 10.1. The van der Waals surface area contributed by atoms with E-state index in [1.54, 1.807) is 35.4 Å². The molecule has 0 bridgehead atoms. The van der Waals surface area contributed by atoms with Crippen LogP contribution in [-0.4, -0.2) is 31.0 Å². The minimum atomic E-state index is -2.41. The number of rotatable bonds is 5. The third-order valence-corrected chi connectivity index (χ3v) is 3.01. The molecule has 3 nitrogen and oxygen atoms in total. The minimum Gasteiger partial charge on any atom is -0.364 e. The second-order valence-electron chi connectivity index (χ2n) is 4.12. The first-order valence-electron chi connectivity index (χ1n) is 5.89. The Morgan fingerprint density at radius 2 is 2.11 bits per heavy atom. The van der Waals surface area contributed by atoms with E-state index in [1.807, 2.05) is 0 Å². The maximum atomic E-state index is 12.6. The Morgan fingerprint density at radius 3 is 2.79 bits per heavy atom. The summed E-state index contributed by atoms with van der Waals surface area (Å²) in [6.07, 6.45) is -0.828. The third-order valence-electron chi connectivity index (χ3n) is 2.78. The van der Waals surface area contributed by atoms with Crippen LogP contribution in [0.25, 0.3) is 10.9 Å². The number of alkyl halides is 2. The van der Waals surface area contributed by atoms with Crippen LogP contribution in [0.3, 0.4) is 0 Å². The van der Waals surface area contributed by atoms with Crippen LogP contribution in [0.5, 0.6) is 0 Å². The van der Waals surface area contributed by atoms with Gasteiger partial charge in [0.15, 0.2) is 0 Å². The first-order valence-corrected chi connectivity index (χ1v) is 6.27. The molecule has 0 aliphatic heterocycles. The maximum absolute atomic E-state index is 12.6. The summed E-state index contributed by atoms with van der Waals surface area (Å²) in [6, 6.07) is 6.94. The fourth-order valence-electron chi connectivity index (χ4n) is 2.01. The van der Waals surface area contributed by atoms with Gasteiger partial charge in [0.2, 0.25) is 0 Å². The molecule has 19 heavy (non-hydrogen) atoms. The van der Waals surface area contributed by atoms with Gasteiger partial charge in [-0.2, -0.15) is 0 Å². The summed E-state index contributed by atoms with van der Waals surface area (Å²) in [5.74, 6) is 0. The highest BCUT2D eigenvalue weighted by Crippen LogP contribution is 2.27. The lowest BCUT2D eigenvalue weighted by Gasteiger charge is -2.25. The molecule has 0 saturated heterocycles. The number of benzene rings is 1. The van der Waals surface area contributed by atoms with Gasteiger partial charge < -0.3 is 10.6 Å². The highest BCUT2D eigenvalue weighted by Gasteiger charge is 2.15. The minimum absolute atomic E-state index is 0.310. The van der Waals surface area contributed by atoms with Crippen LogP contribution >= 0.6 is 11.6 Å². The Bertz CT molecular complexity index is 563. The number of nitrogens with two attached hydrogens (primary N) is 1. The molecule has 0 spiro atoms. The number of nitrogens with zero attached hydrogens (tertiary/aromatic N) is 2. The van der Waals surface area contributed by atoms with Crippen LogP contribution in [0.2, 0.25) is 5.02 Å². The van der Waals surface area contributed by atoms with Gasteiger partial charge in [-0.05, 0) is 24.3 Å². The van der Waals surface area contributed by atoms with Crippen molar-refractivity contribution in [2.24, 2.45) is 5.73 Å². The van der Waals surface area contributed by atoms with E-state index in [-0.39, 0.29) is 6.54 Å². The van der Waals surface area contributed by atoms with E-state index in [4.69, 9.17) is 17.3 Å². The summed E-state index contributed by atoms with van der Waals surface area (Å²) in [6.45, 7) is 0.329. The zero-order chi connectivity index (χ0) is 13.8. The topological polar surface area (TPSA) is 42.1 Å².